The van der Waals surface area contributed by atoms with Crippen LogP contribution in [0.15, 0.2) is 47.7 Å². The zero-order chi connectivity index (χ0) is 18.3. The first-order chi connectivity index (χ1) is 12.7. The molecule has 0 fully saturated rings. The number of carbonyl (C=O) groups is 1. The molecule has 2 aromatic carbocycles. The Hall–Kier alpha value is -3.15. The summed E-state index contributed by atoms with van der Waals surface area (Å²) < 4.78 is 21.9. The summed E-state index contributed by atoms with van der Waals surface area (Å²) in [6.07, 6.45) is 0.0118. The number of cyclic esters (lactones) is 1. The number of esters is 1. The minimum Gasteiger partial charge on any atom is -0.493 e. The van der Waals surface area contributed by atoms with Gasteiger partial charge in [0.2, 0.25) is 5.75 Å². The van der Waals surface area contributed by atoms with Crippen molar-refractivity contribution in [1.82, 2.24) is 0 Å². The number of para-hydroxylation sites is 1. The lowest BCUT2D eigenvalue weighted by Gasteiger charge is -2.22. The van der Waals surface area contributed by atoms with Gasteiger partial charge in [-0.3, -0.25) is 0 Å². The van der Waals surface area contributed by atoms with Gasteiger partial charge in [0, 0.05) is 17.7 Å². The van der Waals surface area contributed by atoms with Gasteiger partial charge in [-0.25, -0.2) is 4.79 Å². The van der Waals surface area contributed by atoms with Crippen LogP contribution in [0.25, 0.3) is 0 Å². The molecule has 0 aliphatic carbocycles. The van der Waals surface area contributed by atoms with E-state index in [9.17, 15) is 4.79 Å². The number of anilines is 1. The second kappa shape index (κ2) is 6.29. The smallest absolute Gasteiger partial charge is 0.337 e. The first-order valence-electron chi connectivity index (χ1n) is 8.25. The van der Waals surface area contributed by atoms with Gasteiger partial charge < -0.3 is 24.3 Å². The number of nitrogens with one attached hydrogen (secondary N) is 1. The largest absolute Gasteiger partial charge is 0.493 e. The molecule has 4 rings (SSSR count). The molecular weight excluding hydrogens is 334 g/mol. The van der Waals surface area contributed by atoms with E-state index in [-0.39, 0.29) is 5.97 Å². The third kappa shape index (κ3) is 2.45. The van der Waals surface area contributed by atoms with Crippen LogP contribution >= 0.6 is 0 Å². The predicted octanol–water partition coefficient (Wildman–Crippen LogP) is 3.23. The molecule has 0 spiro atoms. The van der Waals surface area contributed by atoms with Crippen LogP contribution in [-0.2, 0) is 16.0 Å². The van der Waals surface area contributed by atoms with Gasteiger partial charge in [-0.2, -0.15) is 0 Å². The molecule has 1 unspecified atom stereocenters. The van der Waals surface area contributed by atoms with Gasteiger partial charge in [0.15, 0.2) is 17.6 Å². The number of ether oxygens (including phenoxy) is 4. The Balaban J connectivity index is 1.78. The molecule has 2 aromatic rings. The lowest BCUT2D eigenvalue weighted by Crippen LogP contribution is -2.15. The molecule has 2 aliphatic rings. The van der Waals surface area contributed by atoms with Crippen molar-refractivity contribution in [2.45, 2.75) is 12.5 Å². The highest BCUT2D eigenvalue weighted by Gasteiger charge is 2.38. The molecule has 2 aliphatic heterocycles. The fraction of sp³-hybridized carbons (Fsp3) is 0.250. The van der Waals surface area contributed by atoms with Gasteiger partial charge in [-0.05, 0) is 23.8 Å². The van der Waals surface area contributed by atoms with Crippen molar-refractivity contribution in [2.75, 3.05) is 26.6 Å². The molecule has 0 aromatic heterocycles. The minimum atomic E-state index is -0.542. The molecule has 26 heavy (non-hydrogen) atoms. The predicted molar refractivity (Wildman–Crippen MR) is 95.7 cm³/mol. The summed E-state index contributed by atoms with van der Waals surface area (Å²) in [5.41, 5.74) is 4.24. The third-order valence-corrected chi connectivity index (χ3v) is 4.70. The Morgan fingerprint density at radius 2 is 1.73 bits per heavy atom. The van der Waals surface area contributed by atoms with Crippen LogP contribution in [0, 0.1) is 0 Å². The molecule has 1 N–H and O–H groups in total. The molecule has 6 nitrogen and oxygen atoms in total. The number of hydrogen-bond acceptors (Lipinski definition) is 6. The van der Waals surface area contributed by atoms with E-state index in [1.807, 2.05) is 24.3 Å². The van der Waals surface area contributed by atoms with E-state index in [1.54, 1.807) is 33.5 Å². The number of benzene rings is 2. The topological polar surface area (TPSA) is 66.0 Å². The molecule has 0 saturated heterocycles. The number of carbonyl (C=O) groups excluding carboxylic acids is 1. The Morgan fingerprint density at radius 3 is 2.38 bits per heavy atom. The van der Waals surface area contributed by atoms with Crippen molar-refractivity contribution >= 4 is 11.7 Å². The maximum atomic E-state index is 12.4. The van der Waals surface area contributed by atoms with Crippen molar-refractivity contribution in [3.05, 3.63) is 58.8 Å². The van der Waals surface area contributed by atoms with Crippen LogP contribution in [0.5, 0.6) is 17.2 Å². The lowest BCUT2D eigenvalue weighted by molar-refractivity contribution is -0.140. The highest BCUT2D eigenvalue weighted by Crippen LogP contribution is 2.46. The average molecular weight is 353 g/mol. The second-order valence-electron chi connectivity index (χ2n) is 6.10. The Bertz CT molecular complexity index is 893. The molecule has 134 valence electrons. The highest BCUT2D eigenvalue weighted by molar-refractivity contribution is 5.95. The molecule has 0 saturated carbocycles. The Labute approximate surface area is 151 Å². The summed E-state index contributed by atoms with van der Waals surface area (Å²) in [6, 6.07) is 11.5. The van der Waals surface area contributed by atoms with Crippen molar-refractivity contribution < 1.29 is 23.7 Å². The summed E-state index contributed by atoms with van der Waals surface area (Å²) >= 11 is 0. The van der Waals surface area contributed by atoms with E-state index in [0.29, 0.717) is 29.2 Å². The van der Waals surface area contributed by atoms with Crippen LogP contribution in [0.2, 0.25) is 0 Å². The number of rotatable bonds is 4. The standard InChI is InChI=1S/C20H19NO5/c1-23-15-9-12(10-16(24-2)19(15)25-3)18-17-13(20(22)26-18)8-11-6-4-5-7-14(11)21-17/h4-7,9-10,18,21H,8H2,1-3H3. The van der Waals surface area contributed by atoms with Gasteiger partial charge in [0.05, 0.1) is 32.6 Å². The van der Waals surface area contributed by atoms with Crippen LogP contribution < -0.4 is 19.5 Å². The quantitative estimate of drug-likeness (QED) is 0.852. The molecule has 0 bridgehead atoms. The van der Waals surface area contributed by atoms with E-state index >= 15 is 0 Å². The van der Waals surface area contributed by atoms with Crippen molar-refractivity contribution in [2.24, 2.45) is 0 Å². The van der Waals surface area contributed by atoms with Gasteiger partial charge in [0.1, 0.15) is 0 Å². The zero-order valence-corrected chi connectivity index (χ0v) is 14.8. The monoisotopic (exact) mass is 353 g/mol. The van der Waals surface area contributed by atoms with Gasteiger partial charge in [-0.1, -0.05) is 18.2 Å². The minimum absolute atomic E-state index is 0.305. The maximum absolute atomic E-state index is 12.4. The Kier molecular flexibility index (Phi) is 3.95. The maximum Gasteiger partial charge on any atom is 0.337 e. The second-order valence-corrected chi connectivity index (χ2v) is 6.10. The van der Waals surface area contributed by atoms with E-state index in [0.717, 1.165) is 22.5 Å². The van der Waals surface area contributed by atoms with Gasteiger partial charge in [-0.15, -0.1) is 0 Å². The lowest BCUT2D eigenvalue weighted by atomic mass is 9.95. The van der Waals surface area contributed by atoms with Crippen molar-refractivity contribution in [3.63, 3.8) is 0 Å². The normalized spacial score (nSPS) is 17.8. The van der Waals surface area contributed by atoms with E-state index in [1.165, 1.54) is 0 Å². The van der Waals surface area contributed by atoms with Crippen LogP contribution in [0.3, 0.4) is 0 Å². The van der Waals surface area contributed by atoms with Crippen LogP contribution in [0.4, 0.5) is 5.69 Å². The summed E-state index contributed by atoms with van der Waals surface area (Å²) in [6.45, 7) is 0. The van der Waals surface area contributed by atoms with Crippen LogP contribution in [0.1, 0.15) is 17.2 Å². The van der Waals surface area contributed by atoms with E-state index in [4.69, 9.17) is 18.9 Å². The molecule has 2 heterocycles. The fourth-order valence-electron chi connectivity index (χ4n) is 3.43. The molecule has 0 amide bonds. The van der Waals surface area contributed by atoms with Gasteiger partial charge >= 0.3 is 5.97 Å². The van der Waals surface area contributed by atoms with E-state index in [2.05, 4.69) is 5.32 Å². The van der Waals surface area contributed by atoms with Crippen molar-refractivity contribution in [1.29, 1.82) is 0 Å². The summed E-state index contributed by atoms with van der Waals surface area (Å²) in [5, 5.41) is 3.36. The fourth-order valence-corrected chi connectivity index (χ4v) is 3.43. The first kappa shape index (κ1) is 16.3. The van der Waals surface area contributed by atoms with E-state index < -0.39 is 6.10 Å². The number of fused-ring (bicyclic) bond motifs is 1. The van der Waals surface area contributed by atoms with Gasteiger partial charge in [0.25, 0.3) is 0 Å². The molecular formula is C20H19NO5. The highest BCUT2D eigenvalue weighted by atomic mass is 16.6. The zero-order valence-electron chi connectivity index (χ0n) is 14.8. The van der Waals surface area contributed by atoms with Crippen molar-refractivity contribution in [3.8, 4) is 17.2 Å². The Morgan fingerprint density at radius 1 is 1.04 bits per heavy atom. The summed E-state index contributed by atoms with van der Waals surface area (Å²) in [7, 11) is 4.67. The number of methoxy groups -OCH3 is 3. The summed E-state index contributed by atoms with van der Waals surface area (Å²) in [4.78, 5) is 12.4. The molecule has 0 radical (unpaired) electrons. The third-order valence-electron chi connectivity index (χ3n) is 4.70. The first-order valence-corrected chi connectivity index (χ1v) is 8.25. The van der Waals surface area contributed by atoms with Crippen LogP contribution in [-0.4, -0.2) is 27.3 Å². The summed E-state index contributed by atoms with van der Waals surface area (Å²) in [5.74, 6) is 1.23. The number of hydrogen-bond donors (Lipinski definition) is 1. The average Bonchev–Trinajstić information content (AvgIpc) is 3.00. The SMILES string of the molecule is COc1cc(C2OC(=O)C3=C2Nc2ccccc2C3)cc(OC)c1OC. The molecule has 6 heteroatoms. The molecule has 1 atom stereocenters.